The molecule has 0 radical (unpaired) electrons. The zero-order chi connectivity index (χ0) is 17.1. The maximum Gasteiger partial charge on any atom is 0.201 e. The van der Waals surface area contributed by atoms with Crippen molar-refractivity contribution in [3.63, 3.8) is 0 Å². The summed E-state index contributed by atoms with van der Waals surface area (Å²) in [6.45, 7) is 4.79. The first-order valence-electron chi connectivity index (χ1n) is 8.00. The Labute approximate surface area is 140 Å². The van der Waals surface area contributed by atoms with Crippen molar-refractivity contribution in [1.82, 2.24) is 0 Å². The highest BCUT2D eigenvalue weighted by atomic mass is 19.2. The maximum absolute atomic E-state index is 14.2. The van der Waals surface area contributed by atoms with Crippen LogP contribution in [0.4, 0.5) is 8.78 Å². The lowest BCUT2D eigenvalue weighted by Gasteiger charge is -2.30. The summed E-state index contributed by atoms with van der Waals surface area (Å²) in [4.78, 5) is 0. The standard InChI is InChI=1S/C19H20F2O3/c1-3-22-16-9-8-15(17(20)18(16)21)19-23-10-14(11-24-19)13-6-4-12(2)5-7-13/h4-9,14,19H,3,10-11H2,1-2H3. The molecule has 1 heterocycles. The summed E-state index contributed by atoms with van der Waals surface area (Å²) in [5.74, 6) is -2.02. The molecule has 0 aliphatic carbocycles. The van der Waals surface area contributed by atoms with Crippen molar-refractivity contribution in [2.75, 3.05) is 19.8 Å². The third kappa shape index (κ3) is 3.42. The minimum Gasteiger partial charge on any atom is -0.491 e. The summed E-state index contributed by atoms with van der Waals surface area (Å²) in [5, 5.41) is 0. The van der Waals surface area contributed by atoms with Crippen LogP contribution in [0.15, 0.2) is 36.4 Å². The number of benzene rings is 2. The summed E-state index contributed by atoms with van der Waals surface area (Å²) in [5.41, 5.74) is 2.34. The van der Waals surface area contributed by atoms with Crippen LogP contribution >= 0.6 is 0 Å². The van der Waals surface area contributed by atoms with E-state index in [1.807, 2.05) is 31.2 Å². The quantitative estimate of drug-likeness (QED) is 0.824. The molecule has 5 heteroatoms. The molecule has 0 unspecified atom stereocenters. The molecule has 1 saturated heterocycles. The van der Waals surface area contributed by atoms with Crippen LogP contribution < -0.4 is 4.74 Å². The third-order valence-corrected chi connectivity index (χ3v) is 4.08. The number of hydrogen-bond donors (Lipinski definition) is 0. The first kappa shape index (κ1) is 16.9. The molecular weight excluding hydrogens is 314 g/mol. The average molecular weight is 334 g/mol. The van der Waals surface area contributed by atoms with Crippen LogP contribution in [-0.4, -0.2) is 19.8 Å². The maximum atomic E-state index is 14.2. The smallest absolute Gasteiger partial charge is 0.201 e. The van der Waals surface area contributed by atoms with Crippen LogP contribution in [0.2, 0.25) is 0 Å². The molecule has 0 aromatic heterocycles. The minimum atomic E-state index is -1.01. The molecule has 128 valence electrons. The molecule has 0 amide bonds. The van der Waals surface area contributed by atoms with E-state index in [-0.39, 0.29) is 23.8 Å². The van der Waals surface area contributed by atoms with Gasteiger partial charge in [-0.1, -0.05) is 29.8 Å². The van der Waals surface area contributed by atoms with E-state index in [1.54, 1.807) is 6.92 Å². The van der Waals surface area contributed by atoms with E-state index < -0.39 is 17.9 Å². The van der Waals surface area contributed by atoms with Gasteiger partial charge in [0.1, 0.15) is 0 Å². The van der Waals surface area contributed by atoms with E-state index in [9.17, 15) is 8.78 Å². The van der Waals surface area contributed by atoms with Gasteiger partial charge in [-0.05, 0) is 31.5 Å². The zero-order valence-corrected chi connectivity index (χ0v) is 13.7. The van der Waals surface area contributed by atoms with Crippen molar-refractivity contribution in [1.29, 1.82) is 0 Å². The van der Waals surface area contributed by atoms with Crippen molar-refractivity contribution >= 4 is 0 Å². The Morgan fingerprint density at radius 2 is 1.67 bits per heavy atom. The van der Waals surface area contributed by atoms with Crippen LogP contribution in [-0.2, 0) is 9.47 Å². The van der Waals surface area contributed by atoms with Gasteiger partial charge in [-0.3, -0.25) is 0 Å². The number of aryl methyl sites for hydroxylation is 1. The second-order valence-corrected chi connectivity index (χ2v) is 5.82. The number of rotatable bonds is 4. The molecule has 3 nitrogen and oxygen atoms in total. The summed E-state index contributed by atoms with van der Waals surface area (Å²) in [6, 6.07) is 11.0. The Hall–Kier alpha value is -1.98. The lowest BCUT2D eigenvalue weighted by atomic mass is 9.99. The highest BCUT2D eigenvalue weighted by Crippen LogP contribution is 2.33. The van der Waals surface area contributed by atoms with Crippen LogP contribution in [0.25, 0.3) is 0 Å². The monoisotopic (exact) mass is 334 g/mol. The van der Waals surface area contributed by atoms with E-state index in [0.717, 1.165) is 5.56 Å². The molecular formula is C19H20F2O3. The molecule has 0 atom stereocenters. The van der Waals surface area contributed by atoms with E-state index in [2.05, 4.69) is 0 Å². The average Bonchev–Trinajstić information content (AvgIpc) is 2.60. The van der Waals surface area contributed by atoms with Crippen LogP contribution in [0, 0.1) is 18.6 Å². The summed E-state index contributed by atoms with van der Waals surface area (Å²) >= 11 is 0. The Kier molecular flexibility index (Phi) is 5.11. The van der Waals surface area contributed by atoms with Crippen LogP contribution in [0.5, 0.6) is 5.75 Å². The molecule has 0 N–H and O–H groups in total. The molecule has 1 aliphatic heterocycles. The van der Waals surface area contributed by atoms with E-state index >= 15 is 0 Å². The fraction of sp³-hybridized carbons (Fsp3) is 0.368. The van der Waals surface area contributed by atoms with Gasteiger partial charge < -0.3 is 14.2 Å². The predicted molar refractivity (Wildman–Crippen MR) is 86.1 cm³/mol. The van der Waals surface area contributed by atoms with Gasteiger partial charge in [0, 0.05) is 11.5 Å². The molecule has 1 aliphatic rings. The van der Waals surface area contributed by atoms with Crippen molar-refractivity contribution in [3.8, 4) is 5.75 Å². The first-order chi connectivity index (χ1) is 11.6. The zero-order valence-electron chi connectivity index (χ0n) is 13.7. The molecule has 0 saturated carbocycles. The van der Waals surface area contributed by atoms with E-state index in [1.165, 1.54) is 17.7 Å². The molecule has 24 heavy (non-hydrogen) atoms. The van der Waals surface area contributed by atoms with Gasteiger partial charge in [-0.25, -0.2) is 4.39 Å². The molecule has 2 aromatic carbocycles. The van der Waals surface area contributed by atoms with Crippen molar-refractivity contribution < 1.29 is 23.0 Å². The fourth-order valence-electron chi connectivity index (χ4n) is 2.71. The topological polar surface area (TPSA) is 27.7 Å². The Balaban J connectivity index is 1.70. The van der Waals surface area contributed by atoms with E-state index in [4.69, 9.17) is 14.2 Å². The van der Waals surface area contributed by atoms with Crippen molar-refractivity contribution in [2.24, 2.45) is 0 Å². The fourth-order valence-corrected chi connectivity index (χ4v) is 2.71. The number of ether oxygens (including phenoxy) is 3. The first-order valence-corrected chi connectivity index (χ1v) is 8.00. The Bertz CT molecular complexity index is 693. The van der Waals surface area contributed by atoms with E-state index in [0.29, 0.717) is 13.2 Å². The summed E-state index contributed by atoms with van der Waals surface area (Å²) in [6.07, 6.45) is -0.906. The van der Waals surface area contributed by atoms with Crippen molar-refractivity contribution in [3.05, 3.63) is 64.7 Å². The van der Waals surface area contributed by atoms with Gasteiger partial charge in [0.15, 0.2) is 17.9 Å². The SMILES string of the molecule is CCOc1ccc(C2OCC(c3ccc(C)cc3)CO2)c(F)c1F. The molecule has 0 bridgehead atoms. The van der Waals surface area contributed by atoms with Gasteiger partial charge in [-0.2, -0.15) is 4.39 Å². The van der Waals surface area contributed by atoms with Gasteiger partial charge in [0.2, 0.25) is 5.82 Å². The molecule has 3 rings (SSSR count). The minimum absolute atomic E-state index is 0.0540. The van der Waals surface area contributed by atoms with Gasteiger partial charge in [0.05, 0.1) is 19.8 Å². The second kappa shape index (κ2) is 7.28. The largest absolute Gasteiger partial charge is 0.491 e. The number of hydrogen-bond acceptors (Lipinski definition) is 3. The second-order valence-electron chi connectivity index (χ2n) is 5.82. The Morgan fingerprint density at radius 3 is 2.29 bits per heavy atom. The normalized spacial score (nSPS) is 20.8. The molecule has 0 spiro atoms. The summed E-state index contributed by atoms with van der Waals surface area (Å²) in [7, 11) is 0. The molecule has 2 aromatic rings. The van der Waals surface area contributed by atoms with Crippen molar-refractivity contribution in [2.45, 2.75) is 26.1 Å². The Morgan fingerprint density at radius 1 is 1.00 bits per heavy atom. The highest BCUT2D eigenvalue weighted by Gasteiger charge is 2.28. The predicted octanol–water partition coefficient (Wildman–Crippen LogP) is 4.50. The van der Waals surface area contributed by atoms with Gasteiger partial charge in [0.25, 0.3) is 0 Å². The highest BCUT2D eigenvalue weighted by molar-refractivity contribution is 5.32. The number of halogens is 2. The summed E-state index contributed by atoms with van der Waals surface area (Å²) < 4.78 is 44.5. The third-order valence-electron chi connectivity index (χ3n) is 4.08. The van der Waals surface area contributed by atoms with Gasteiger partial charge >= 0.3 is 0 Å². The lowest BCUT2D eigenvalue weighted by molar-refractivity contribution is -0.193. The van der Waals surface area contributed by atoms with Gasteiger partial charge in [-0.15, -0.1) is 0 Å². The lowest BCUT2D eigenvalue weighted by Crippen LogP contribution is -2.26. The van der Waals surface area contributed by atoms with Crippen LogP contribution in [0.1, 0.15) is 35.8 Å². The van der Waals surface area contributed by atoms with Crippen LogP contribution in [0.3, 0.4) is 0 Å². The molecule has 1 fully saturated rings.